The molecular weight excluding hydrogens is 394 g/mol. The summed E-state index contributed by atoms with van der Waals surface area (Å²) in [7, 11) is 0. The summed E-state index contributed by atoms with van der Waals surface area (Å²) in [4.78, 5) is 57.4. The third kappa shape index (κ3) is 11.2. The topological polar surface area (TPSA) is 165 Å². The molecule has 0 aromatic heterocycles. The van der Waals surface area contributed by atoms with Gasteiger partial charge in [-0.2, -0.15) is 5.26 Å². The Hall–Kier alpha value is -3.36. The highest BCUT2D eigenvalue weighted by Crippen LogP contribution is 2.20. The van der Waals surface area contributed by atoms with Crippen LogP contribution in [0.2, 0.25) is 0 Å². The van der Waals surface area contributed by atoms with E-state index in [1.54, 1.807) is 0 Å². The zero-order valence-corrected chi connectivity index (χ0v) is 16.7. The van der Waals surface area contributed by atoms with E-state index in [9.17, 15) is 24.0 Å². The minimum atomic E-state index is -1.56. The Morgan fingerprint density at radius 2 is 1.03 bits per heavy atom. The predicted molar refractivity (Wildman–Crippen MR) is 90.4 cm³/mol. The van der Waals surface area contributed by atoms with Crippen molar-refractivity contribution in [3.63, 3.8) is 0 Å². The van der Waals surface area contributed by atoms with Gasteiger partial charge in [0.25, 0.3) is 6.26 Å². The molecule has 29 heavy (non-hydrogen) atoms. The summed E-state index contributed by atoms with van der Waals surface area (Å²) in [5, 5.41) is 8.64. The molecule has 0 saturated heterocycles. The fourth-order valence-corrected chi connectivity index (χ4v) is 2.23. The second-order valence-electron chi connectivity index (χ2n) is 5.65. The summed E-state index contributed by atoms with van der Waals surface area (Å²) in [5.41, 5.74) is 0. The van der Waals surface area contributed by atoms with E-state index >= 15 is 0 Å². The van der Waals surface area contributed by atoms with Gasteiger partial charge in [-0.25, -0.2) is 0 Å². The van der Waals surface area contributed by atoms with Crippen molar-refractivity contribution in [2.24, 2.45) is 0 Å². The van der Waals surface area contributed by atoms with Gasteiger partial charge in [-0.3, -0.25) is 24.0 Å². The number of hydrogen-bond donors (Lipinski definition) is 0. The van der Waals surface area contributed by atoms with Gasteiger partial charge in [-0.05, 0) is 0 Å². The summed E-state index contributed by atoms with van der Waals surface area (Å²) >= 11 is 0. The lowest BCUT2D eigenvalue weighted by Crippen LogP contribution is -2.54. The monoisotopic (exact) mass is 417 g/mol. The predicted octanol–water partition coefficient (Wildman–Crippen LogP) is -0.226. The smallest absolute Gasteiger partial charge is 0.303 e. The average Bonchev–Trinajstić information content (AvgIpc) is 2.57. The molecule has 0 aromatic rings. The van der Waals surface area contributed by atoms with E-state index < -0.39 is 67.5 Å². The van der Waals surface area contributed by atoms with Crippen LogP contribution >= 0.6 is 0 Å². The molecule has 0 aliphatic rings. The molecule has 0 saturated carbocycles. The Labute approximate surface area is 166 Å². The highest BCUT2D eigenvalue weighted by atomic mass is 16.6. The molecule has 12 heteroatoms. The summed E-state index contributed by atoms with van der Waals surface area (Å²) in [5.74, 6) is -4.10. The van der Waals surface area contributed by atoms with Crippen molar-refractivity contribution in [3.8, 4) is 6.26 Å². The largest absolute Gasteiger partial charge is 0.462 e. The maximum atomic E-state index is 11.6. The van der Waals surface area contributed by atoms with Crippen LogP contribution < -0.4 is 0 Å². The lowest BCUT2D eigenvalue weighted by molar-refractivity contribution is -0.205. The van der Waals surface area contributed by atoms with E-state index in [0.29, 0.717) is 0 Å². The fraction of sp³-hybridized carbons (Fsp3) is 0.647. The average molecular weight is 417 g/mol. The van der Waals surface area contributed by atoms with E-state index in [2.05, 4.69) is 4.74 Å². The number of nitriles is 1. The molecule has 0 aliphatic carbocycles. The maximum absolute atomic E-state index is 11.6. The molecule has 12 nitrogen and oxygen atoms in total. The van der Waals surface area contributed by atoms with Gasteiger partial charge in [-0.15, -0.1) is 0 Å². The van der Waals surface area contributed by atoms with Crippen LogP contribution in [-0.4, -0.2) is 67.5 Å². The molecule has 0 rings (SSSR count). The molecule has 0 N–H and O–H groups in total. The molecule has 0 radical (unpaired) electrons. The first kappa shape index (κ1) is 25.6. The van der Waals surface area contributed by atoms with Crippen molar-refractivity contribution < 1.29 is 52.4 Å². The van der Waals surface area contributed by atoms with Crippen molar-refractivity contribution >= 4 is 29.8 Å². The first-order valence-corrected chi connectivity index (χ1v) is 8.31. The van der Waals surface area contributed by atoms with Gasteiger partial charge in [-0.1, -0.05) is 0 Å². The number of carbonyl (C=O) groups excluding carboxylic acids is 5. The van der Waals surface area contributed by atoms with Gasteiger partial charge in [0.05, 0.1) is 0 Å². The SMILES string of the molecule is CC(=O)OC[C@@H](OC(C)=O)[C@@H](OC(C)=O)[C@H](OC(C)=O)[C@H](COC#N)OC(C)=O. The van der Waals surface area contributed by atoms with E-state index in [1.165, 1.54) is 6.26 Å². The van der Waals surface area contributed by atoms with Crippen molar-refractivity contribution in [1.82, 2.24) is 0 Å². The van der Waals surface area contributed by atoms with Crippen LogP contribution in [0.25, 0.3) is 0 Å². The van der Waals surface area contributed by atoms with Crippen LogP contribution in [0.15, 0.2) is 0 Å². The Morgan fingerprint density at radius 3 is 1.34 bits per heavy atom. The number of nitrogens with zero attached hydrogens (tertiary/aromatic N) is 1. The summed E-state index contributed by atoms with van der Waals surface area (Å²) in [6, 6.07) is 0. The highest BCUT2D eigenvalue weighted by Gasteiger charge is 2.44. The third-order valence-corrected chi connectivity index (χ3v) is 3.06. The quantitative estimate of drug-likeness (QED) is 0.247. The zero-order chi connectivity index (χ0) is 22.6. The van der Waals surface area contributed by atoms with Crippen LogP contribution in [0.4, 0.5) is 0 Å². The number of ether oxygens (including phenoxy) is 6. The molecule has 0 heterocycles. The molecule has 0 amide bonds. The number of carbonyl (C=O) groups is 5. The standard InChI is InChI=1S/C17H23NO11/c1-9(19)25-7-15(27-11(3)21)17(29-13(5)23)16(28-12(4)22)14(6-24-8-18)26-10(2)20/h14-17H,6-7H2,1-5H3/t14-,15+,16+,17+/m0/s1. The molecule has 0 spiro atoms. The van der Waals surface area contributed by atoms with Crippen LogP contribution in [0.5, 0.6) is 0 Å². The van der Waals surface area contributed by atoms with Gasteiger partial charge in [0, 0.05) is 34.6 Å². The Balaban J connectivity index is 6.14. The summed E-state index contributed by atoms with van der Waals surface area (Å²) in [6.45, 7) is 4.13. The van der Waals surface area contributed by atoms with Crippen molar-refractivity contribution in [2.75, 3.05) is 13.2 Å². The lowest BCUT2D eigenvalue weighted by atomic mass is 10.0. The summed E-state index contributed by atoms with van der Waals surface area (Å²) in [6.07, 6.45) is -4.61. The Kier molecular flexibility index (Phi) is 11.4. The summed E-state index contributed by atoms with van der Waals surface area (Å²) < 4.78 is 29.7. The molecule has 0 bridgehead atoms. The van der Waals surface area contributed by atoms with Gasteiger partial charge >= 0.3 is 29.8 Å². The molecular formula is C17H23NO11. The van der Waals surface area contributed by atoms with Crippen LogP contribution in [0, 0.1) is 11.5 Å². The number of rotatable bonds is 11. The van der Waals surface area contributed by atoms with Gasteiger partial charge in [0.1, 0.15) is 13.2 Å². The van der Waals surface area contributed by atoms with E-state index in [-0.39, 0.29) is 0 Å². The lowest BCUT2D eigenvalue weighted by Gasteiger charge is -2.34. The van der Waals surface area contributed by atoms with Gasteiger partial charge < -0.3 is 28.4 Å². The van der Waals surface area contributed by atoms with E-state index in [4.69, 9.17) is 28.9 Å². The zero-order valence-electron chi connectivity index (χ0n) is 16.7. The molecule has 4 atom stereocenters. The first-order valence-electron chi connectivity index (χ1n) is 8.31. The van der Waals surface area contributed by atoms with Crippen molar-refractivity contribution in [3.05, 3.63) is 0 Å². The normalized spacial score (nSPS) is 14.1. The highest BCUT2D eigenvalue weighted by molar-refractivity contribution is 5.69. The molecule has 0 fully saturated rings. The molecule has 0 unspecified atom stereocenters. The third-order valence-electron chi connectivity index (χ3n) is 3.06. The van der Waals surface area contributed by atoms with Crippen LogP contribution in [0.3, 0.4) is 0 Å². The molecule has 162 valence electrons. The Bertz CT molecular complexity index is 654. The van der Waals surface area contributed by atoms with Gasteiger partial charge in [0.2, 0.25) is 0 Å². The first-order chi connectivity index (χ1) is 13.5. The second-order valence-corrected chi connectivity index (χ2v) is 5.65. The molecule has 0 aromatic carbocycles. The fourth-order valence-electron chi connectivity index (χ4n) is 2.23. The Morgan fingerprint density at radius 1 is 0.655 bits per heavy atom. The van der Waals surface area contributed by atoms with Crippen molar-refractivity contribution in [2.45, 2.75) is 59.0 Å². The minimum Gasteiger partial charge on any atom is -0.462 e. The maximum Gasteiger partial charge on any atom is 0.303 e. The minimum absolute atomic E-state index is 0.559. The van der Waals surface area contributed by atoms with Crippen molar-refractivity contribution in [1.29, 1.82) is 5.26 Å². The number of hydrogen-bond acceptors (Lipinski definition) is 12. The van der Waals surface area contributed by atoms with E-state index in [1.807, 2.05) is 0 Å². The van der Waals surface area contributed by atoms with Crippen LogP contribution in [0.1, 0.15) is 34.6 Å². The number of esters is 5. The second kappa shape index (κ2) is 12.9. The van der Waals surface area contributed by atoms with Gasteiger partial charge in [0.15, 0.2) is 24.4 Å². The van der Waals surface area contributed by atoms with E-state index in [0.717, 1.165) is 34.6 Å². The van der Waals surface area contributed by atoms with Crippen LogP contribution in [-0.2, 0) is 52.4 Å². The molecule has 0 aliphatic heterocycles.